The Kier molecular flexibility index (Phi) is 3.58. The molecule has 0 radical (unpaired) electrons. The Bertz CT molecular complexity index is 272. The molecule has 1 rings (SSSR count). The first-order chi connectivity index (χ1) is 6.25. The van der Waals surface area contributed by atoms with Crippen LogP contribution in [0.25, 0.3) is 0 Å². The van der Waals surface area contributed by atoms with Crippen molar-refractivity contribution in [3.63, 3.8) is 0 Å². The first-order valence-corrected chi connectivity index (χ1v) is 4.41. The van der Waals surface area contributed by atoms with Gasteiger partial charge in [-0.25, -0.2) is 0 Å². The van der Waals surface area contributed by atoms with Crippen molar-refractivity contribution in [3.8, 4) is 0 Å². The Hall–Kier alpha value is -1.22. The summed E-state index contributed by atoms with van der Waals surface area (Å²) < 4.78 is 0. The predicted octanol–water partition coefficient (Wildman–Crippen LogP) is 1.25. The van der Waals surface area contributed by atoms with Crippen molar-refractivity contribution in [1.82, 2.24) is 4.98 Å². The van der Waals surface area contributed by atoms with Crippen LogP contribution in [0.15, 0.2) is 24.4 Å². The quantitative estimate of drug-likeness (QED) is 0.706. The van der Waals surface area contributed by atoms with Gasteiger partial charge in [0.2, 0.25) is 0 Å². The van der Waals surface area contributed by atoms with Crippen molar-refractivity contribution in [1.29, 1.82) is 0 Å². The van der Waals surface area contributed by atoms with Gasteiger partial charge in [-0.05, 0) is 25.1 Å². The van der Waals surface area contributed by atoms with Gasteiger partial charge in [-0.15, -0.1) is 0 Å². The van der Waals surface area contributed by atoms with Crippen LogP contribution in [0.2, 0.25) is 0 Å². The number of ketones is 1. The second-order valence-corrected chi connectivity index (χ2v) is 3.06. The van der Waals surface area contributed by atoms with E-state index in [4.69, 9.17) is 5.73 Å². The van der Waals surface area contributed by atoms with E-state index in [0.717, 1.165) is 6.42 Å². The lowest BCUT2D eigenvalue weighted by molar-refractivity contribution is 0.0920. The standard InChI is InChI=1S/C10H14N2O/c1-8(5-6-11)10(13)9-4-2-3-7-12-9/h2-4,7-8H,5-6,11H2,1H3. The maximum atomic E-state index is 11.6. The molecule has 3 heteroatoms. The van der Waals surface area contributed by atoms with Crippen molar-refractivity contribution < 1.29 is 4.79 Å². The number of carbonyl (C=O) groups is 1. The third kappa shape index (κ3) is 2.63. The maximum Gasteiger partial charge on any atom is 0.184 e. The molecule has 0 spiro atoms. The van der Waals surface area contributed by atoms with Gasteiger partial charge >= 0.3 is 0 Å². The monoisotopic (exact) mass is 178 g/mol. The Labute approximate surface area is 78.0 Å². The molecule has 0 aromatic carbocycles. The number of aromatic nitrogens is 1. The lowest BCUT2D eigenvalue weighted by Crippen LogP contribution is -2.16. The average Bonchev–Trinajstić information content (AvgIpc) is 2.18. The summed E-state index contributed by atoms with van der Waals surface area (Å²) in [6, 6.07) is 5.34. The van der Waals surface area contributed by atoms with Crippen molar-refractivity contribution in [2.24, 2.45) is 11.7 Å². The molecule has 1 aromatic rings. The minimum atomic E-state index is -0.0279. The Morgan fingerprint density at radius 3 is 2.92 bits per heavy atom. The normalized spacial score (nSPS) is 12.5. The maximum absolute atomic E-state index is 11.6. The fraction of sp³-hybridized carbons (Fsp3) is 0.400. The van der Waals surface area contributed by atoms with Gasteiger partial charge in [-0.1, -0.05) is 13.0 Å². The van der Waals surface area contributed by atoms with E-state index in [1.807, 2.05) is 13.0 Å². The molecule has 13 heavy (non-hydrogen) atoms. The fourth-order valence-corrected chi connectivity index (χ4v) is 1.14. The summed E-state index contributed by atoms with van der Waals surface area (Å²) in [5.41, 5.74) is 5.90. The SMILES string of the molecule is CC(CCN)C(=O)c1ccccn1. The van der Waals surface area contributed by atoms with Crippen molar-refractivity contribution in [2.75, 3.05) is 6.54 Å². The van der Waals surface area contributed by atoms with E-state index in [1.54, 1.807) is 18.3 Å². The minimum Gasteiger partial charge on any atom is -0.330 e. The molecule has 0 fully saturated rings. The van der Waals surface area contributed by atoms with Crippen LogP contribution in [-0.4, -0.2) is 17.3 Å². The van der Waals surface area contributed by atoms with Crippen molar-refractivity contribution >= 4 is 5.78 Å². The molecule has 1 heterocycles. The summed E-state index contributed by atoms with van der Waals surface area (Å²) in [5, 5.41) is 0. The summed E-state index contributed by atoms with van der Waals surface area (Å²) >= 11 is 0. The van der Waals surface area contributed by atoms with Gasteiger partial charge in [0.1, 0.15) is 5.69 Å². The van der Waals surface area contributed by atoms with Crippen LogP contribution in [-0.2, 0) is 0 Å². The zero-order chi connectivity index (χ0) is 9.68. The third-order valence-electron chi connectivity index (χ3n) is 1.96. The predicted molar refractivity (Wildman–Crippen MR) is 51.4 cm³/mol. The molecule has 0 aliphatic rings. The molecule has 1 atom stereocenters. The molecule has 0 aliphatic carbocycles. The molecule has 0 saturated carbocycles. The van der Waals surface area contributed by atoms with E-state index in [1.165, 1.54) is 0 Å². The molecular formula is C10H14N2O. The van der Waals surface area contributed by atoms with Gasteiger partial charge in [0, 0.05) is 12.1 Å². The minimum absolute atomic E-state index is 0.0279. The summed E-state index contributed by atoms with van der Waals surface area (Å²) in [7, 11) is 0. The number of pyridine rings is 1. The number of Topliss-reactive ketones (excluding diaryl/α,β-unsaturated/α-hetero) is 1. The highest BCUT2D eigenvalue weighted by atomic mass is 16.1. The molecule has 0 amide bonds. The van der Waals surface area contributed by atoms with Crippen LogP contribution in [0.3, 0.4) is 0 Å². The van der Waals surface area contributed by atoms with Gasteiger partial charge in [-0.2, -0.15) is 0 Å². The summed E-state index contributed by atoms with van der Waals surface area (Å²) in [4.78, 5) is 15.6. The molecular weight excluding hydrogens is 164 g/mol. The summed E-state index contributed by atoms with van der Waals surface area (Å²) in [5.74, 6) is 0.0472. The number of hydrogen-bond acceptors (Lipinski definition) is 3. The van der Waals surface area contributed by atoms with E-state index in [-0.39, 0.29) is 11.7 Å². The van der Waals surface area contributed by atoms with Gasteiger partial charge in [-0.3, -0.25) is 9.78 Å². The molecule has 3 nitrogen and oxygen atoms in total. The average molecular weight is 178 g/mol. The highest BCUT2D eigenvalue weighted by Gasteiger charge is 2.14. The van der Waals surface area contributed by atoms with Gasteiger partial charge < -0.3 is 5.73 Å². The zero-order valence-corrected chi connectivity index (χ0v) is 7.73. The van der Waals surface area contributed by atoms with Gasteiger partial charge in [0.15, 0.2) is 5.78 Å². The molecule has 0 saturated heterocycles. The third-order valence-corrected chi connectivity index (χ3v) is 1.96. The summed E-state index contributed by atoms with van der Waals surface area (Å²) in [6.07, 6.45) is 2.35. The molecule has 1 unspecified atom stereocenters. The van der Waals surface area contributed by atoms with E-state index in [2.05, 4.69) is 4.98 Å². The Morgan fingerprint density at radius 2 is 2.38 bits per heavy atom. The number of hydrogen-bond donors (Lipinski definition) is 1. The molecule has 2 N–H and O–H groups in total. The van der Waals surface area contributed by atoms with Crippen LogP contribution in [0.1, 0.15) is 23.8 Å². The smallest absolute Gasteiger partial charge is 0.184 e. The zero-order valence-electron chi connectivity index (χ0n) is 7.73. The first kappa shape index (κ1) is 9.86. The highest BCUT2D eigenvalue weighted by Crippen LogP contribution is 2.08. The van der Waals surface area contributed by atoms with E-state index in [0.29, 0.717) is 12.2 Å². The largest absolute Gasteiger partial charge is 0.330 e. The van der Waals surface area contributed by atoms with E-state index < -0.39 is 0 Å². The molecule has 0 aliphatic heterocycles. The first-order valence-electron chi connectivity index (χ1n) is 4.41. The van der Waals surface area contributed by atoms with Crippen LogP contribution in [0, 0.1) is 5.92 Å². The van der Waals surface area contributed by atoms with Gasteiger partial charge in [0.25, 0.3) is 0 Å². The van der Waals surface area contributed by atoms with E-state index in [9.17, 15) is 4.79 Å². The van der Waals surface area contributed by atoms with Crippen molar-refractivity contribution in [3.05, 3.63) is 30.1 Å². The number of nitrogens with zero attached hydrogens (tertiary/aromatic N) is 1. The topological polar surface area (TPSA) is 56.0 Å². The lowest BCUT2D eigenvalue weighted by atomic mass is 10.00. The Morgan fingerprint density at radius 1 is 1.62 bits per heavy atom. The molecule has 70 valence electrons. The lowest BCUT2D eigenvalue weighted by Gasteiger charge is -2.07. The van der Waals surface area contributed by atoms with Gasteiger partial charge in [0.05, 0.1) is 0 Å². The number of nitrogens with two attached hydrogens (primary N) is 1. The second kappa shape index (κ2) is 4.72. The number of carbonyl (C=O) groups excluding carboxylic acids is 1. The van der Waals surface area contributed by atoms with Crippen LogP contribution in [0.5, 0.6) is 0 Å². The van der Waals surface area contributed by atoms with Crippen LogP contribution >= 0.6 is 0 Å². The Balaban J connectivity index is 2.68. The van der Waals surface area contributed by atoms with Crippen LogP contribution < -0.4 is 5.73 Å². The van der Waals surface area contributed by atoms with Crippen molar-refractivity contribution in [2.45, 2.75) is 13.3 Å². The van der Waals surface area contributed by atoms with E-state index >= 15 is 0 Å². The molecule has 1 aromatic heterocycles. The van der Waals surface area contributed by atoms with Crippen LogP contribution in [0.4, 0.5) is 0 Å². The second-order valence-electron chi connectivity index (χ2n) is 3.06. The fourth-order valence-electron chi connectivity index (χ4n) is 1.14. The molecule has 0 bridgehead atoms. The number of rotatable bonds is 4. The highest BCUT2D eigenvalue weighted by molar-refractivity contribution is 5.95. The summed E-state index contributed by atoms with van der Waals surface area (Å²) in [6.45, 7) is 2.42.